The lowest BCUT2D eigenvalue weighted by molar-refractivity contribution is -0.164. The zero-order valence-electron chi connectivity index (χ0n) is 33.9. The minimum absolute atomic E-state index is 0.00340. The van der Waals surface area contributed by atoms with E-state index in [2.05, 4.69) is 18.3 Å². The number of fused-ring (bicyclic) bond motifs is 5. The van der Waals surface area contributed by atoms with Gasteiger partial charge in [0.15, 0.2) is 11.9 Å². The lowest BCUT2D eigenvalue weighted by atomic mass is 9.50. The summed E-state index contributed by atoms with van der Waals surface area (Å²) in [4.78, 5) is 51.6. The number of nitrogens with one attached hydrogen (secondary N) is 1. The molecular weight excluding hydrogens is 723 g/mol. The van der Waals surface area contributed by atoms with Crippen molar-refractivity contribution in [3.8, 4) is 0 Å². The average Bonchev–Trinajstić information content (AvgIpc) is 3.62. The Bertz CT molecular complexity index is 1770. The van der Waals surface area contributed by atoms with E-state index in [0.717, 1.165) is 24.8 Å². The van der Waals surface area contributed by atoms with Gasteiger partial charge in [-0.1, -0.05) is 85.7 Å². The smallest absolute Gasteiger partial charge is 0.450 e. The van der Waals surface area contributed by atoms with Crippen LogP contribution >= 0.6 is 0 Å². The van der Waals surface area contributed by atoms with Crippen molar-refractivity contribution >= 4 is 23.6 Å². The maximum Gasteiger partial charge on any atom is 0.506 e. The molecule has 1 unspecified atom stereocenters. The molecule has 57 heavy (non-hydrogen) atoms. The number of allylic oxidation sites excluding steroid dienone is 6. The van der Waals surface area contributed by atoms with Gasteiger partial charge in [0, 0.05) is 48.5 Å². The van der Waals surface area contributed by atoms with E-state index in [9.17, 15) is 34.8 Å². The van der Waals surface area contributed by atoms with Crippen molar-refractivity contribution in [2.24, 2.45) is 40.4 Å². The van der Waals surface area contributed by atoms with Gasteiger partial charge in [-0.05, 0) is 107 Å². The molecule has 10 nitrogen and oxygen atoms in total. The first-order chi connectivity index (χ1) is 27.2. The summed E-state index contributed by atoms with van der Waals surface area (Å²) >= 11 is 0. The Labute approximate surface area is 337 Å². The number of rotatable bonds is 16. The Morgan fingerprint density at radius 1 is 1.04 bits per heavy atom. The van der Waals surface area contributed by atoms with Crippen LogP contribution in [0.3, 0.4) is 0 Å². The second-order valence-electron chi connectivity index (χ2n) is 17.8. The van der Waals surface area contributed by atoms with E-state index in [-0.39, 0.29) is 47.7 Å². The second kappa shape index (κ2) is 18.0. The first-order valence-electron chi connectivity index (χ1n) is 21.3. The summed E-state index contributed by atoms with van der Waals surface area (Å²) in [6.07, 6.45) is 14.5. The van der Waals surface area contributed by atoms with E-state index in [1.807, 2.05) is 68.5 Å². The van der Waals surface area contributed by atoms with Crippen molar-refractivity contribution in [2.45, 2.75) is 135 Å². The molecule has 0 aromatic heterocycles. The van der Waals surface area contributed by atoms with E-state index in [1.54, 1.807) is 6.08 Å². The molecule has 1 aromatic carbocycles. The molecule has 0 heterocycles. The summed E-state index contributed by atoms with van der Waals surface area (Å²) in [7, 11) is 0. The number of aliphatic hydroxyl groups is 3. The van der Waals surface area contributed by atoms with Crippen LogP contribution in [-0.4, -0.2) is 74.5 Å². The third-order valence-corrected chi connectivity index (χ3v) is 14.6. The maximum absolute atomic E-state index is 15.0. The van der Waals surface area contributed by atoms with Crippen molar-refractivity contribution < 1.29 is 44.3 Å². The Morgan fingerprint density at radius 2 is 1.81 bits per heavy atom. The minimum Gasteiger partial charge on any atom is -0.450 e. The molecule has 6 rings (SSSR count). The summed E-state index contributed by atoms with van der Waals surface area (Å²) in [5.74, 6) is -1.80. The van der Waals surface area contributed by atoms with Gasteiger partial charge in [0.25, 0.3) is 0 Å². The van der Waals surface area contributed by atoms with E-state index >= 15 is 4.79 Å². The van der Waals surface area contributed by atoms with E-state index in [1.165, 1.54) is 11.1 Å². The van der Waals surface area contributed by atoms with Gasteiger partial charge >= 0.3 is 6.16 Å². The number of amides is 1. The summed E-state index contributed by atoms with van der Waals surface area (Å²) < 4.78 is 5.54. The van der Waals surface area contributed by atoms with Gasteiger partial charge in [-0.3, -0.25) is 14.4 Å². The molecular formula is C47H63NO9. The largest absolute Gasteiger partial charge is 0.506 e. The zero-order valence-corrected chi connectivity index (χ0v) is 33.9. The molecule has 10 heteroatoms. The average molecular weight is 786 g/mol. The fourth-order valence-electron chi connectivity index (χ4n) is 11.3. The number of benzene rings is 1. The van der Waals surface area contributed by atoms with Gasteiger partial charge in [0.2, 0.25) is 11.7 Å². The number of ether oxygens (including phenoxy) is 1. The van der Waals surface area contributed by atoms with Crippen LogP contribution in [0.25, 0.3) is 0 Å². The van der Waals surface area contributed by atoms with Crippen LogP contribution in [0.15, 0.2) is 77.9 Å². The van der Waals surface area contributed by atoms with Crippen LogP contribution in [0.5, 0.6) is 0 Å². The van der Waals surface area contributed by atoms with E-state index in [0.29, 0.717) is 64.3 Å². The number of aryl methyl sites for hydroxylation is 1. The minimum atomic E-state index is -1.84. The third kappa shape index (κ3) is 8.79. The quantitative estimate of drug-likeness (QED) is 0.0660. The number of hydrogen-bond donors (Lipinski definition) is 5. The van der Waals surface area contributed by atoms with Crippen LogP contribution in [0, 0.1) is 40.4 Å². The Kier molecular flexibility index (Phi) is 13.5. The Morgan fingerprint density at radius 3 is 2.54 bits per heavy atom. The molecule has 3 fully saturated rings. The molecule has 0 aliphatic heterocycles. The third-order valence-electron chi connectivity index (χ3n) is 14.6. The van der Waals surface area contributed by atoms with Gasteiger partial charge in [0.1, 0.15) is 5.60 Å². The molecule has 0 radical (unpaired) electrons. The van der Waals surface area contributed by atoms with Crippen LogP contribution in [0.1, 0.15) is 110 Å². The summed E-state index contributed by atoms with van der Waals surface area (Å²) in [5, 5.41) is 47.8. The second-order valence-corrected chi connectivity index (χ2v) is 17.8. The molecule has 1 amide bonds. The summed E-state index contributed by atoms with van der Waals surface area (Å²) in [6, 6.07) is 9.71. The van der Waals surface area contributed by atoms with Crippen molar-refractivity contribution in [2.75, 3.05) is 6.54 Å². The number of aliphatic hydroxyl groups excluding tert-OH is 2. The highest BCUT2D eigenvalue weighted by Gasteiger charge is 2.66. The molecule has 0 spiro atoms. The van der Waals surface area contributed by atoms with Gasteiger partial charge in [-0.15, -0.1) is 0 Å². The van der Waals surface area contributed by atoms with Crippen molar-refractivity contribution in [3.05, 3.63) is 83.5 Å². The zero-order chi connectivity index (χ0) is 41.0. The number of unbranched alkanes of at least 4 members (excludes halogenated alkanes) is 1. The van der Waals surface area contributed by atoms with Gasteiger partial charge in [0.05, 0.1) is 12.2 Å². The molecule has 310 valence electrons. The predicted octanol–water partition coefficient (Wildman–Crippen LogP) is 7.22. The highest BCUT2D eigenvalue weighted by Crippen LogP contribution is 2.66. The van der Waals surface area contributed by atoms with Gasteiger partial charge in [-0.25, -0.2) is 4.79 Å². The SMILES string of the molecule is CCNC(=O)CCC/C=C\C[C@@H]1[C@@H](/C=C/[C@H](CCc2ccccc2)C(OC(=O)O)C(=O)[C@@]2(O)CC[C@H]3[C@@H]4CCC5=CC(=O)CC[C@]5(C)C4=CC[C@@]32C)[C@H](O)C[C@@H]1O. The Balaban J connectivity index is 1.26. The van der Waals surface area contributed by atoms with Crippen molar-refractivity contribution in [1.29, 1.82) is 0 Å². The number of carbonyl (C=O) groups excluding carboxylic acids is 3. The maximum atomic E-state index is 15.0. The fraction of sp³-hybridized carbons (Fsp3) is 0.617. The standard InChI is InChI=1S/C47H63NO9/c1-4-48-41(52)15-11-6-5-10-14-34-35(40(51)29-39(34)50)20-18-31(17-16-30-12-8-7-9-13-30)42(57-44(54)55)43(53)47(56)27-24-38-36-21-19-32-28-33(49)22-25-45(32,2)37(36)23-26-46(38,47)3/h5,7-10,12-13,18,20,23,28,31,34-36,38-40,42,50-51,56H,4,6,11,14-17,19,21-22,24-27,29H2,1-3H3,(H,48,52)(H,54,55)/b10-5-,20-18+/t31-,34+,35+,36+,38-,39-,40+,42?,45-,46-,47-/m0/s1. The molecule has 3 saturated carbocycles. The molecule has 1 aromatic rings. The van der Waals surface area contributed by atoms with E-state index < -0.39 is 53.1 Å². The van der Waals surface area contributed by atoms with E-state index in [4.69, 9.17) is 4.74 Å². The number of ketones is 2. The molecule has 0 bridgehead atoms. The number of carbonyl (C=O) groups is 4. The molecule has 5 N–H and O–H groups in total. The number of Topliss-reactive ketones (excluding diaryl/α,β-unsaturated/α-hetero) is 1. The highest BCUT2D eigenvalue weighted by molar-refractivity contribution is 5.94. The normalized spacial score (nSPS) is 34.5. The van der Waals surface area contributed by atoms with Crippen LogP contribution in [0.2, 0.25) is 0 Å². The highest BCUT2D eigenvalue weighted by atomic mass is 16.7. The van der Waals surface area contributed by atoms with Crippen LogP contribution < -0.4 is 5.32 Å². The lowest BCUT2D eigenvalue weighted by Gasteiger charge is -2.54. The van der Waals surface area contributed by atoms with Gasteiger partial charge < -0.3 is 30.5 Å². The number of hydrogen-bond acceptors (Lipinski definition) is 8. The first-order valence-corrected chi connectivity index (χ1v) is 21.3. The fourth-order valence-corrected chi connectivity index (χ4v) is 11.3. The predicted molar refractivity (Wildman–Crippen MR) is 217 cm³/mol. The molecule has 5 aliphatic carbocycles. The van der Waals surface area contributed by atoms with Crippen molar-refractivity contribution in [1.82, 2.24) is 5.32 Å². The monoisotopic (exact) mass is 785 g/mol. The van der Waals surface area contributed by atoms with Crippen LogP contribution in [-0.2, 0) is 25.5 Å². The first kappa shape index (κ1) is 42.7. The molecule has 0 saturated heterocycles. The summed E-state index contributed by atoms with van der Waals surface area (Å²) in [6.45, 7) is 6.69. The molecule has 5 aliphatic rings. The lowest BCUT2D eigenvalue weighted by Crippen LogP contribution is -2.58. The Hall–Kier alpha value is -3.86. The van der Waals surface area contributed by atoms with Crippen molar-refractivity contribution in [3.63, 3.8) is 0 Å². The molecule has 11 atom stereocenters. The topological polar surface area (TPSA) is 170 Å². The number of carboxylic acid groups (broad SMARTS) is 1. The van der Waals surface area contributed by atoms with Gasteiger partial charge in [-0.2, -0.15) is 0 Å². The summed E-state index contributed by atoms with van der Waals surface area (Å²) in [5.41, 5.74) is 0.606. The van der Waals surface area contributed by atoms with Crippen LogP contribution in [0.4, 0.5) is 4.79 Å².